The first-order valence-electron chi connectivity index (χ1n) is 12.7. The molecule has 1 unspecified atom stereocenters. The van der Waals surface area contributed by atoms with Crippen molar-refractivity contribution >= 4 is 29.0 Å². The molecule has 1 amide bonds. The molecular weight excluding hydrogens is 488 g/mol. The van der Waals surface area contributed by atoms with E-state index in [1.807, 2.05) is 25.1 Å². The molecule has 37 heavy (non-hydrogen) atoms. The number of amides is 1. The molecule has 0 bridgehead atoms. The number of carbonyl (C=O) groups excluding carboxylic acids is 2. The highest BCUT2D eigenvalue weighted by atomic mass is 35.5. The molecule has 1 aromatic heterocycles. The van der Waals surface area contributed by atoms with Crippen molar-refractivity contribution in [3.8, 4) is 11.5 Å². The number of methoxy groups -OCH3 is 2. The predicted molar refractivity (Wildman–Crippen MR) is 146 cm³/mol. The maximum atomic E-state index is 14.1. The van der Waals surface area contributed by atoms with Gasteiger partial charge in [-0.25, -0.2) is 4.98 Å². The van der Waals surface area contributed by atoms with Crippen LogP contribution in [0, 0.1) is 12.8 Å². The van der Waals surface area contributed by atoms with Crippen molar-refractivity contribution in [2.45, 2.75) is 51.5 Å². The summed E-state index contributed by atoms with van der Waals surface area (Å²) in [6.45, 7) is 1.94. The van der Waals surface area contributed by atoms with Crippen LogP contribution < -0.4 is 14.4 Å². The Bertz CT molecular complexity index is 1220. The largest absolute Gasteiger partial charge is 0.497 e. The van der Waals surface area contributed by atoms with Crippen molar-refractivity contribution in [2.24, 2.45) is 5.92 Å². The number of ether oxygens (including phenoxy) is 2. The molecule has 3 aromatic rings. The molecule has 1 aliphatic carbocycles. The van der Waals surface area contributed by atoms with Crippen LogP contribution in [0.4, 0.5) is 5.69 Å². The van der Waals surface area contributed by atoms with E-state index in [2.05, 4.69) is 4.98 Å². The first kappa shape index (κ1) is 26.7. The molecule has 1 atom stereocenters. The Hall–Kier alpha value is -3.38. The van der Waals surface area contributed by atoms with E-state index < -0.39 is 6.04 Å². The molecule has 194 valence electrons. The molecule has 1 saturated carbocycles. The Morgan fingerprint density at radius 1 is 1.00 bits per heavy atom. The number of halogens is 1. The SMILES string of the molecule is COc1ccc(N(C(=O)c2ccc(Cl)nc2)C(C(=O)CC2CCCCC2)c2ccc(OC)c(C)c2)cc1. The van der Waals surface area contributed by atoms with Gasteiger partial charge in [0, 0.05) is 18.3 Å². The third kappa shape index (κ3) is 6.31. The first-order chi connectivity index (χ1) is 17.9. The van der Waals surface area contributed by atoms with E-state index in [9.17, 15) is 9.59 Å². The van der Waals surface area contributed by atoms with Crippen LogP contribution in [0.25, 0.3) is 0 Å². The fourth-order valence-corrected chi connectivity index (χ4v) is 5.22. The molecule has 1 aliphatic rings. The van der Waals surface area contributed by atoms with Crippen molar-refractivity contribution in [2.75, 3.05) is 19.1 Å². The second kappa shape index (κ2) is 12.2. The lowest BCUT2D eigenvalue weighted by Gasteiger charge is -2.33. The molecule has 1 fully saturated rings. The maximum Gasteiger partial charge on any atom is 0.260 e. The Labute approximate surface area is 223 Å². The van der Waals surface area contributed by atoms with Crippen LogP contribution in [0.1, 0.15) is 66.1 Å². The molecule has 6 nitrogen and oxygen atoms in total. The van der Waals surface area contributed by atoms with Crippen molar-refractivity contribution in [1.29, 1.82) is 0 Å². The van der Waals surface area contributed by atoms with Crippen molar-refractivity contribution < 1.29 is 19.1 Å². The Morgan fingerprint density at radius 3 is 2.32 bits per heavy atom. The summed E-state index contributed by atoms with van der Waals surface area (Å²) in [5.41, 5.74) is 2.58. The summed E-state index contributed by atoms with van der Waals surface area (Å²) in [7, 11) is 3.21. The summed E-state index contributed by atoms with van der Waals surface area (Å²) in [5.74, 6) is 1.40. The van der Waals surface area contributed by atoms with Gasteiger partial charge in [0.05, 0.1) is 19.8 Å². The van der Waals surface area contributed by atoms with E-state index in [4.69, 9.17) is 21.1 Å². The summed E-state index contributed by atoms with van der Waals surface area (Å²) in [6.07, 6.45) is 7.45. The number of Topliss-reactive ketones (excluding diaryl/α,β-unsaturated/α-hetero) is 1. The summed E-state index contributed by atoms with van der Waals surface area (Å²) in [5, 5.41) is 0.295. The van der Waals surface area contributed by atoms with Gasteiger partial charge in [-0.3, -0.25) is 14.5 Å². The molecule has 0 radical (unpaired) electrons. The number of hydrogen-bond donors (Lipinski definition) is 0. The van der Waals surface area contributed by atoms with Crippen LogP contribution in [0.3, 0.4) is 0 Å². The monoisotopic (exact) mass is 520 g/mol. The van der Waals surface area contributed by atoms with Gasteiger partial charge < -0.3 is 9.47 Å². The molecule has 2 aromatic carbocycles. The van der Waals surface area contributed by atoms with Crippen LogP contribution in [-0.2, 0) is 4.79 Å². The number of anilines is 1. The fourth-order valence-electron chi connectivity index (χ4n) is 5.11. The van der Waals surface area contributed by atoms with Crippen LogP contribution >= 0.6 is 11.6 Å². The average Bonchev–Trinajstić information content (AvgIpc) is 2.92. The fraction of sp³-hybridized carbons (Fsp3) is 0.367. The lowest BCUT2D eigenvalue weighted by Crippen LogP contribution is -2.40. The lowest BCUT2D eigenvalue weighted by atomic mass is 9.83. The van der Waals surface area contributed by atoms with Crippen LogP contribution in [0.2, 0.25) is 5.15 Å². The van der Waals surface area contributed by atoms with E-state index >= 15 is 0 Å². The van der Waals surface area contributed by atoms with Gasteiger partial charge in [0.15, 0.2) is 5.78 Å². The number of benzene rings is 2. The minimum Gasteiger partial charge on any atom is -0.497 e. The van der Waals surface area contributed by atoms with E-state index in [1.54, 1.807) is 55.5 Å². The van der Waals surface area contributed by atoms with Crippen LogP contribution in [0.15, 0.2) is 60.8 Å². The van der Waals surface area contributed by atoms with Crippen molar-refractivity contribution in [3.05, 3.63) is 82.6 Å². The highest BCUT2D eigenvalue weighted by molar-refractivity contribution is 6.29. The third-order valence-corrected chi connectivity index (χ3v) is 7.28. The number of ketones is 1. The van der Waals surface area contributed by atoms with Gasteiger partial charge in [-0.15, -0.1) is 0 Å². The number of rotatable bonds is 9. The molecule has 7 heteroatoms. The smallest absolute Gasteiger partial charge is 0.260 e. The van der Waals surface area contributed by atoms with Gasteiger partial charge >= 0.3 is 0 Å². The quantitative estimate of drug-likeness (QED) is 0.284. The minimum absolute atomic E-state index is 0.0163. The predicted octanol–water partition coefficient (Wildman–Crippen LogP) is 6.99. The van der Waals surface area contributed by atoms with Gasteiger partial charge in [0.25, 0.3) is 5.91 Å². The average molecular weight is 521 g/mol. The topological polar surface area (TPSA) is 68.7 Å². The molecule has 0 aliphatic heterocycles. The van der Waals surface area contributed by atoms with E-state index in [0.29, 0.717) is 34.5 Å². The maximum absolute atomic E-state index is 14.1. The van der Waals surface area contributed by atoms with Crippen LogP contribution in [-0.4, -0.2) is 30.9 Å². The third-order valence-electron chi connectivity index (χ3n) is 7.06. The minimum atomic E-state index is -0.817. The molecule has 1 heterocycles. The van der Waals surface area contributed by atoms with Crippen LogP contribution in [0.5, 0.6) is 11.5 Å². The number of hydrogen-bond acceptors (Lipinski definition) is 5. The second-order valence-electron chi connectivity index (χ2n) is 9.55. The molecule has 0 N–H and O–H groups in total. The summed E-state index contributed by atoms with van der Waals surface area (Å²) >= 11 is 5.99. The van der Waals surface area contributed by atoms with Gasteiger partial charge in [-0.1, -0.05) is 49.8 Å². The van der Waals surface area contributed by atoms with Gasteiger partial charge in [0.1, 0.15) is 22.7 Å². The zero-order valence-corrected chi connectivity index (χ0v) is 22.3. The molecule has 0 saturated heterocycles. The Kier molecular flexibility index (Phi) is 8.82. The van der Waals surface area contributed by atoms with Crippen molar-refractivity contribution in [3.63, 3.8) is 0 Å². The highest BCUT2D eigenvalue weighted by Gasteiger charge is 2.35. The zero-order chi connectivity index (χ0) is 26.4. The normalized spacial score (nSPS) is 14.6. The van der Waals surface area contributed by atoms with Gasteiger partial charge in [-0.2, -0.15) is 0 Å². The van der Waals surface area contributed by atoms with Gasteiger partial charge in [-0.05, 0) is 72.5 Å². The van der Waals surface area contributed by atoms with E-state index in [-0.39, 0.29) is 11.7 Å². The number of nitrogens with zero attached hydrogens (tertiary/aromatic N) is 2. The summed E-state index contributed by atoms with van der Waals surface area (Å²) in [6, 6.07) is 15.2. The molecule has 0 spiro atoms. The van der Waals surface area contributed by atoms with E-state index in [0.717, 1.165) is 42.6 Å². The first-order valence-corrected chi connectivity index (χ1v) is 13.1. The number of aryl methyl sites for hydroxylation is 1. The Balaban J connectivity index is 1.83. The Morgan fingerprint density at radius 2 is 1.73 bits per heavy atom. The van der Waals surface area contributed by atoms with E-state index in [1.165, 1.54) is 12.6 Å². The number of aromatic nitrogens is 1. The highest BCUT2D eigenvalue weighted by Crippen LogP contribution is 2.36. The second-order valence-corrected chi connectivity index (χ2v) is 9.94. The summed E-state index contributed by atoms with van der Waals surface area (Å²) < 4.78 is 10.8. The number of pyridine rings is 1. The molecular formula is C30H33ClN2O4. The molecule has 4 rings (SSSR count). The number of carbonyl (C=O) groups is 2. The van der Waals surface area contributed by atoms with Gasteiger partial charge in [0.2, 0.25) is 0 Å². The zero-order valence-electron chi connectivity index (χ0n) is 21.6. The standard InChI is InChI=1S/C30H33ClN2O4/c1-20-17-22(9-15-27(20)37-3)29(26(34)18-21-7-5-4-6-8-21)33(24-11-13-25(36-2)14-12-24)30(35)23-10-16-28(31)32-19-23/h9-17,19,21,29H,4-8,18H2,1-3H3. The summed E-state index contributed by atoms with van der Waals surface area (Å²) in [4.78, 5) is 33.9. The van der Waals surface area contributed by atoms with Crippen molar-refractivity contribution in [1.82, 2.24) is 4.98 Å². The lowest BCUT2D eigenvalue weighted by molar-refractivity contribution is -0.121.